The smallest absolute Gasteiger partial charge is 0.313 e. The molecule has 0 bridgehead atoms. The molecule has 5 heterocycles. The topological polar surface area (TPSA) is 91.3 Å². The van der Waals surface area contributed by atoms with Crippen LogP contribution in [0.2, 0.25) is 0 Å². The van der Waals surface area contributed by atoms with Crippen LogP contribution in [-0.4, -0.2) is 74.8 Å². The molecule has 9 nitrogen and oxygen atoms in total. The average molecular weight is 467 g/mol. The van der Waals surface area contributed by atoms with Gasteiger partial charge in [0.05, 0.1) is 19.8 Å². The molecule has 180 valence electrons. The number of fused-ring (bicyclic) bond motifs is 5. The molecule has 0 spiro atoms. The third kappa shape index (κ3) is 2.92. The number of ether oxygens (including phenoxy) is 1. The molecule has 0 aromatic carbocycles. The van der Waals surface area contributed by atoms with E-state index in [2.05, 4.69) is 30.6 Å². The monoisotopic (exact) mass is 466 g/mol. The molecule has 1 N–H and O–H groups in total. The summed E-state index contributed by atoms with van der Waals surface area (Å²) in [7, 11) is 0. The SMILES string of the molecule is CC(C)c1cc(C2=CCOCC2)nn2cc3[n+](c12)C1(C)CN(C(=O)C2(O)CCC2)CCN1C3=O. The first-order chi connectivity index (χ1) is 16.2. The second-order valence-electron chi connectivity index (χ2n) is 10.6. The third-order valence-electron chi connectivity index (χ3n) is 8.07. The van der Waals surface area contributed by atoms with Crippen LogP contribution in [0.5, 0.6) is 0 Å². The van der Waals surface area contributed by atoms with Crippen molar-refractivity contribution in [2.45, 2.75) is 63.6 Å². The Bertz CT molecular complexity index is 1240. The van der Waals surface area contributed by atoms with Crippen LogP contribution in [-0.2, 0) is 15.2 Å². The van der Waals surface area contributed by atoms with E-state index in [9.17, 15) is 14.7 Å². The van der Waals surface area contributed by atoms with E-state index >= 15 is 0 Å². The summed E-state index contributed by atoms with van der Waals surface area (Å²) in [4.78, 5) is 30.3. The molecule has 2 aromatic heterocycles. The first-order valence-corrected chi connectivity index (χ1v) is 12.3. The summed E-state index contributed by atoms with van der Waals surface area (Å²) in [6.45, 7) is 8.82. The molecular formula is C25H32N5O4+. The van der Waals surface area contributed by atoms with Crippen LogP contribution < -0.4 is 4.57 Å². The summed E-state index contributed by atoms with van der Waals surface area (Å²) in [5, 5.41) is 15.6. The van der Waals surface area contributed by atoms with Crippen molar-refractivity contribution in [2.75, 3.05) is 32.8 Å². The Morgan fingerprint density at radius 1 is 1.29 bits per heavy atom. The third-order valence-corrected chi connectivity index (χ3v) is 8.07. The highest BCUT2D eigenvalue weighted by Gasteiger charge is 2.58. The summed E-state index contributed by atoms with van der Waals surface area (Å²) >= 11 is 0. The number of imidazole rings is 1. The molecule has 1 atom stereocenters. The van der Waals surface area contributed by atoms with Gasteiger partial charge in [-0.15, -0.1) is 0 Å². The molecule has 0 radical (unpaired) electrons. The summed E-state index contributed by atoms with van der Waals surface area (Å²) in [5.74, 6) is -0.0365. The Labute approximate surface area is 198 Å². The lowest BCUT2D eigenvalue weighted by molar-refractivity contribution is -0.749. The average Bonchev–Trinajstić information content (AvgIpc) is 3.30. The molecule has 2 fully saturated rings. The zero-order valence-electron chi connectivity index (χ0n) is 20.1. The highest BCUT2D eigenvalue weighted by molar-refractivity contribution is 5.93. The number of carbonyl (C=O) groups is 2. The van der Waals surface area contributed by atoms with Gasteiger partial charge < -0.3 is 14.7 Å². The van der Waals surface area contributed by atoms with Crippen LogP contribution >= 0.6 is 0 Å². The highest BCUT2D eigenvalue weighted by atomic mass is 16.5. The molecular weight excluding hydrogens is 434 g/mol. The number of rotatable bonds is 3. The Hall–Kier alpha value is -2.78. The van der Waals surface area contributed by atoms with Gasteiger partial charge in [0, 0.05) is 25.6 Å². The maximum atomic E-state index is 13.5. The molecule has 2 amide bonds. The van der Waals surface area contributed by atoms with Crippen LogP contribution in [0.3, 0.4) is 0 Å². The van der Waals surface area contributed by atoms with E-state index in [1.165, 1.54) is 0 Å². The highest BCUT2D eigenvalue weighted by Crippen LogP contribution is 2.37. The normalized spacial score (nSPS) is 25.9. The van der Waals surface area contributed by atoms with Crippen LogP contribution in [0.1, 0.15) is 74.1 Å². The zero-order chi connectivity index (χ0) is 23.8. The lowest BCUT2D eigenvalue weighted by Gasteiger charge is -2.46. The van der Waals surface area contributed by atoms with Gasteiger partial charge in [-0.25, -0.2) is 0 Å². The molecule has 1 unspecified atom stereocenters. The predicted octanol–water partition coefficient (Wildman–Crippen LogP) is 1.43. The minimum atomic E-state index is -1.24. The Balaban J connectivity index is 1.48. The molecule has 4 aliphatic rings. The summed E-state index contributed by atoms with van der Waals surface area (Å²) in [5.41, 5.74) is 2.69. The molecule has 1 aliphatic carbocycles. The lowest BCUT2D eigenvalue weighted by atomic mass is 9.79. The largest absolute Gasteiger partial charge is 0.380 e. The van der Waals surface area contributed by atoms with E-state index < -0.39 is 11.3 Å². The van der Waals surface area contributed by atoms with Gasteiger partial charge in [0.1, 0.15) is 11.3 Å². The molecule has 1 saturated heterocycles. The number of amides is 2. The zero-order valence-corrected chi connectivity index (χ0v) is 20.1. The fourth-order valence-electron chi connectivity index (χ4n) is 5.96. The molecule has 34 heavy (non-hydrogen) atoms. The summed E-state index contributed by atoms with van der Waals surface area (Å²) in [6.07, 6.45) is 6.63. The van der Waals surface area contributed by atoms with Crippen LogP contribution in [0.4, 0.5) is 0 Å². The van der Waals surface area contributed by atoms with E-state index in [0.29, 0.717) is 51.4 Å². The van der Waals surface area contributed by atoms with Crippen LogP contribution in [0.25, 0.3) is 11.2 Å². The van der Waals surface area contributed by atoms with Gasteiger partial charge in [-0.05, 0) is 43.2 Å². The molecule has 9 heteroatoms. The molecule has 2 aromatic rings. The lowest BCUT2D eigenvalue weighted by Crippen LogP contribution is -2.71. The minimum Gasteiger partial charge on any atom is -0.380 e. The van der Waals surface area contributed by atoms with Gasteiger partial charge in [0.25, 0.3) is 5.91 Å². The van der Waals surface area contributed by atoms with Gasteiger partial charge in [0.15, 0.2) is 6.20 Å². The van der Waals surface area contributed by atoms with Crippen molar-refractivity contribution in [3.63, 3.8) is 0 Å². The predicted molar refractivity (Wildman–Crippen MR) is 123 cm³/mol. The van der Waals surface area contributed by atoms with Crippen LogP contribution in [0.15, 0.2) is 18.3 Å². The Morgan fingerprint density at radius 2 is 2.09 bits per heavy atom. The molecule has 6 rings (SSSR count). The number of hydrogen-bond acceptors (Lipinski definition) is 5. The summed E-state index contributed by atoms with van der Waals surface area (Å²) in [6, 6.07) is 2.14. The van der Waals surface area contributed by atoms with E-state index in [0.717, 1.165) is 35.3 Å². The van der Waals surface area contributed by atoms with Crippen molar-refractivity contribution in [1.82, 2.24) is 19.4 Å². The van der Waals surface area contributed by atoms with Crippen molar-refractivity contribution in [3.8, 4) is 0 Å². The number of piperazine rings is 1. The van der Waals surface area contributed by atoms with Crippen molar-refractivity contribution < 1.29 is 24.0 Å². The fourth-order valence-corrected chi connectivity index (χ4v) is 5.96. The fraction of sp³-hybridized carbons (Fsp3) is 0.600. The molecule has 3 aliphatic heterocycles. The second-order valence-corrected chi connectivity index (χ2v) is 10.6. The van der Waals surface area contributed by atoms with E-state index in [4.69, 9.17) is 9.84 Å². The van der Waals surface area contributed by atoms with Crippen molar-refractivity contribution in [1.29, 1.82) is 0 Å². The number of aliphatic hydroxyl groups is 1. The van der Waals surface area contributed by atoms with Gasteiger partial charge in [-0.1, -0.05) is 29.5 Å². The second kappa shape index (κ2) is 7.36. The van der Waals surface area contributed by atoms with Gasteiger partial charge >= 0.3 is 11.6 Å². The van der Waals surface area contributed by atoms with Gasteiger partial charge in [-0.2, -0.15) is 4.57 Å². The quantitative estimate of drug-likeness (QED) is 0.692. The number of carbonyl (C=O) groups excluding carboxylic acids is 2. The van der Waals surface area contributed by atoms with E-state index in [-0.39, 0.29) is 17.7 Å². The van der Waals surface area contributed by atoms with Crippen molar-refractivity contribution in [2.24, 2.45) is 0 Å². The standard InChI is InChI=1S/C25H32N5O4/c1-16(2)18-13-19(17-5-11-34-12-6-17)26-29-14-20-22(31)28-10-9-27(23(32)25(33)7-4-8-25)15-24(28,3)30(20)21(18)29/h5,13-14,16,33H,4,6-12,15H2,1-3H3/q+1. The van der Waals surface area contributed by atoms with Crippen molar-refractivity contribution >= 4 is 23.0 Å². The first kappa shape index (κ1) is 21.7. The van der Waals surface area contributed by atoms with E-state index in [1.54, 1.807) is 4.90 Å². The van der Waals surface area contributed by atoms with Gasteiger partial charge in [-0.3, -0.25) is 14.5 Å². The van der Waals surface area contributed by atoms with Gasteiger partial charge in [0.2, 0.25) is 11.4 Å². The summed E-state index contributed by atoms with van der Waals surface area (Å²) < 4.78 is 9.39. The molecule has 1 saturated carbocycles. The van der Waals surface area contributed by atoms with Crippen molar-refractivity contribution in [3.05, 3.63) is 35.3 Å². The van der Waals surface area contributed by atoms with E-state index in [1.807, 2.05) is 22.5 Å². The Kier molecular flexibility index (Phi) is 4.70. The number of aromatic nitrogens is 3. The minimum absolute atomic E-state index is 0.0380. The Morgan fingerprint density at radius 3 is 2.74 bits per heavy atom. The number of nitrogens with zero attached hydrogens (tertiary/aromatic N) is 5. The first-order valence-electron chi connectivity index (χ1n) is 12.3. The van der Waals surface area contributed by atoms with Crippen LogP contribution in [0, 0.1) is 0 Å². The maximum absolute atomic E-state index is 13.5. The number of hydrogen-bond donors (Lipinski definition) is 1. The maximum Gasteiger partial charge on any atom is 0.313 e.